The second-order valence-electron chi connectivity index (χ2n) is 6.44. The Hall–Kier alpha value is -3.06. The van der Waals surface area contributed by atoms with Crippen LogP contribution in [0.2, 0.25) is 0 Å². The van der Waals surface area contributed by atoms with E-state index in [-0.39, 0.29) is 5.91 Å². The highest BCUT2D eigenvalue weighted by molar-refractivity contribution is 5.96. The predicted molar refractivity (Wildman–Crippen MR) is 107 cm³/mol. The highest BCUT2D eigenvalue weighted by atomic mass is 16.5. The van der Waals surface area contributed by atoms with Crippen LogP contribution in [0.5, 0.6) is 11.5 Å². The van der Waals surface area contributed by atoms with Crippen molar-refractivity contribution in [3.05, 3.63) is 59.7 Å². The van der Waals surface area contributed by atoms with Crippen LogP contribution >= 0.6 is 0 Å². The molecule has 0 saturated carbocycles. The lowest BCUT2D eigenvalue weighted by Crippen LogP contribution is -2.48. The van der Waals surface area contributed by atoms with Gasteiger partial charge in [-0.05, 0) is 37.2 Å². The molecule has 7 nitrogen and oxygen atoms in total. The van der Waals surface area contributed by atoms with Crippen LogP contribution in [-0.2, 0) is 17.9 Å². The van der Waals surface area contributed by atoms with Crippen LogP contribution in [0.15, 0.2) is 48.5 Å². The van der Waals surface area contributed by atoms with Gasteiger partial charge in [-0.15, -0.1) is 0 Å². The highest BCUT2D eigenvalue weighted by Gasteiger charge is 2.20. The fraction of sp³-hybridized carbons (Fsp3) is 0.333. The lowest BCUT2D eigenvalue weighted by Gasteiger charge is -2.24. The molecule has 0 aliphatic carbocycles. The zero-order valence-electron chi connectivity index (χ0n) is 16.7. The number of hydrogen-bond acceptors (Lipinski definition) is 5. The molecule has 2 aromatic rings. The van der Waals surface area contributed by atoms with Crippen molar-refractivity contribution in [2.45, 2.75) is 26.1 Å². The monoisotopic (exact) mass is 385 g/mol. The molecule has 0 bridgehead atoms. The number of carbonyl (C=O) groups is 2. The lowest BCUT2D eigenvalue weighted by molar-refractivity contribution is -0.124. The number of hydrogen-bond donors (Lipinski definition) is 2. The van der Waals surface area contributed by atoms with Crippen molar-refractivity contribution in [1.29, 1.82) is 0 Å². The summed E-state index contributed by atoms with van der Waals surface area (Å²) in [5.74, 6) is 0.911. The zero-order valence-corrected chi connectivity index (χ0v) is 16.7. The predicted octanol–water partition coefficient (Wildman–Crippen LogP) is 2.55. The van der Waals surface area contributed by atoms with Gasteiger partial charge < -0.3 is 14.8 Å². The number of nitrogens with zero attached hydrogens (tertiary/aromatic N) is 1. The molecule has 0 saturated heterocycles. The molecule has 2 N–H and O–H groups in total. The van der Waals surface area contributed by atoms with Gasteiger partial charge in [0.15, 0.2) is 11.5 Å². The second-order valence-corrected chi connectivity index (χ2v) is 6.44. The smallest absolute Gasteiger partial charge is 0.321 e. The Bertz CT molecular complexity index is 795. The molecule has 0 fully saturated rings. The van der Waals surface area contributed by atoms with E-state index >= 15 is 0 Å². The zero-order chi connectivity index (χ0) is 20.5. The van der Waals surface area contributed by atoms with Gasteiger partial charge in [-0.25, -0.2) is 4.79 Å². The number of carbonyl (C=O) groups excluding carboxylic acids is 2. The van der Waals surface area contributed by atoms with E-state index in [0.717, 1.165) is 11.1 Å². The van der Waals surface area contributed by atoms with Gasteiger partial charge in [0.05, 0.1) is 20.3 Å². The van der Waals surface area contributed by atoms with Crippen LogP contribution in [0.25, 0.3) is 0 Å². The molecule has 1 unspecified atom stereocenters. The van der Waals surface area contributed by atoms with Crippen LogP contribution in [0.4, 0.5) is 4.79 Å². The average Bonchev–Trinajstić information content (AvgIpc) is 2.72. The Kier molecular flexibility index (Phi) is 7.83. The van der Waals surface area contributed by atoms with Gasteiger partial charge >= 0.3 is 6.03 Å². The van der Waals surface area contributed by atoms with Crippen LogP contribution < -0.4 is 20.1 Å². The van der Waals surface area contributed by atoms with Crippen molar-refractivity contribution in [2.24, 2.45) is 0 Å². The molecule has 1 atom stereocenters. The van der Waals surface area contributed by atoms with E-state index < -0.39 is 12.1 Å². The molecule has 0 aliphatic rings. The Balaban J connectivity index is 1.86. The molecule has 0 radical (unpaired) electrons. The maximum atomic E-state index is 12.4. The Labute approximate surface area is 165 Å². The largest absolute Gasteiger partial charge is 0.493 e. The summed E-state index contributed by atoms with van der Waals surface area (Å²) in [5.41, 5.74) is 1.93. The van der Waals surface area contributed by atoms with Gasteiger partial charge in [0.25, 0.3) is 0 Å². The molecule has 2 aromatic carbocycles. The van der Waals surface area contributed by atoms with Crippen molar-refractivity contribution in [2.75, 3.05) is 21.3 Å². The number of ether oxygens (including phenoxy) is 2. The number of benzene rings is 2. The Morgan fingerprint density at radius 2 is 1.68 bits per heavy atom. The van der Waals surface area contributed by atoms with Crippen molar-refractivity contribution >= 4 is 11.9 Å². The molecule has 7 heteroatoms. The molecule has 3 amide bonds. The number of amides is 3. The summed E-state index contributed by atoms with van der Waals surface area (Å²) < 4.78 is 10.5. The van der Waals surface area contributed by atoms with Gasteiger partial charge in [-0.2, -0.15) is 0 Å². The first-order valence-electron chi connectivity index (χ1n) is 8.98. The summed E-state index contributed by atoms with van der Waals surface area (Å²) in [6.07, 6.45) is 0. The third-order valence-corrected chi connectivity index (χ3v) is 4.45. The fourth-order valence-corrected chi connectivity index (χ4v) is 2.64. The molecule has 2 rings (SSSR count). The molecule has 28 heavy (non-hydrogen) atoms. The van der Waals surface area contributed by atoms with E-state index in [4.69, 9.17) is 9.47 Å². The number of rotatable bonds is 8. The minimum Gasteiger partial charge on any atom is -0.493 e. The van der Waals surface area contributed by atoms with Crippen molar-refractivity contribution in [3.63, 3.8) is 0 Å². The summed E-state index contributed by atoms with van der Waals surface area (Å²) in [7, 11) is 4.98. The molecule has 0 spiro atoms. The fourth-order valence-electron chi connectivity index (χ4n) is 2.64. The summed E-state index contributed by atoms with van der Waals surface area (Å²) in [5, 5.41) is 5.06. The average molecular weight is 385 g/mol. The van der Waals surface area contributed by atoms with Crippen LogP contribution in [-0.4, -0.2) is 44.1 Å². The summed E-state index contributed by atoms with van der Waals surface area (Å²) >= 11 is 0. The third kappa shape index (κ3) is 5.99. The standard InChI is InChI=1S/C21H27N3O4/c1-15(20(25)23-21(26)22-13-16-8-6-5-7-9-16)24(2)14-17-10-11-18(27-3)19(12-17)28-4/h5-12,15H,13-14H2,1-4H3,(H2,22,23,25,26). The van der Waals surface area contributed by atoms with Gasteiger partial charge in [0, 0.05) is 13.1 Å². The number of likely N-dealkylation sites (N-methyl/N-ethyl adjacent to an activating group) is 1. The molecule has 150 valence electrons. The number of nitrogens with one attached hydrogen (secondary N) is 2. The lowest BCUT2D eigenvalue weighted by atomic mass is 10.1. The van der Waals surface area contributed by atoms with Gasteiger partial charge in [-0.1, -0.05) is 36.4 Å². The third-order valence-electron chi connectivity index (χ3n) is 4.45. The van der Waals surface area contributed by atoms with E-state index in [1.54, 1.807) is 21.1 Å². The quantitative estimate of drug-likeness (QED) is 0.730. The Morgan fingerprint density at radius 3 is 2.32 bits per heavy atom. The SMILES string of the molecule is COc1ccc(CN(C)C(C)C(=O)NC(=O)NCc2ccccc2)cc1OC. The highest BCUT2D eigenvalue weighted by Crippen LogP contribution is 2.28. The summed E-state index contributed by atoms with van der Waals surface area (Å²) in [6.45, 7) is 2.62. The van der Waals surface area contributed by atoms with Crippen molar-refractivity contribution in [3.8, 4) is 11.5 Å². The van der Waals surface area contributed by atoms with Gasteiger partial charge in [-0.3, -0.25) is 15.0 Å². The van der Waals surface area contributed by atoms with Crippen LogP contribution in [0.1, 0.15) is 18.1 Å². The topological polar surface area (TPSA) is 79.9 Å². The molecule has 0 aromatic heterocycles. The van der Waals surface area contributed by atoms with Crippen LogP contribution in [0.3, 0.4) is 0 Å². The first kappa shape index (κ1) is 21.2. The molecule has 0 heterocycles. The maximum Gasteiger partial charge on any atom is 0.321 e. The molecular weight excluding hydrogens is 358 g/mol. The molecular formula is C21H27N3O4. The number of imide groups is 1. The maximum absolute atomic E-state index is 12.4. The van der Waals surface area contributed by atoms with Crippen molar-refractivity contribution in [1.82, 2.24) is 15.5 Å². The minimum atomic E-state index is -0.514. The van der Waals surface area contributed by atoms with Gasteiger partial charge in [0.2, 0.25) is 5.91 Å². The minimum absolute atomic E-state index is 0.357. The van der Waals surface area contributed by atoms with Gasteiger partial charge in [0.1, 0.15) is 0 Å². The normalized spacial score (nSPS) is 11.6. The van der Waals surface area contributed by atoms with E-state index in [0.29, 0.717) is 24.6 Å². The van der Waals surface area contributed by atoms with E-state index in [9.17, 15) is 9.59 Å². The first-order chi connectivity index (χ1) is 13.4. The molecule has 0 aliphatic heterocycles. The Morgan fingerprint density at radius 1 is 1.00 bits per heavy atom. The van der Waals surface area contributed by atoms with E-state index in [2.05, 4.69) is 10.6 Å². The number of urea groups is 1. The van der Waals surface area contributed by atoms with Crippen LogP contribution in [0, 0.1) is 0 Å². The van der Waals surface area contributed by atoms with E-state index in [1.165, 1.54) is 0 Å². The summed E-state index contributed by atoms with van der Waals surface area (Å²) in [6, 6.07) is 14.1. The summed E-state index contributed by atoms with van der Waals surface area (Å²) in [4.78, 5) is 26.2. The van der Waals surface area contributed by atoms with E-state index in [1.807, 2.05) is 60.5 Å². The second kappa shape index (κ2) is 10.3. The number of methoxy groups -OCH3 is 2. The first-order valence-corrected chi connectivity index (χ1v) is 8.98. The van der Waals surface area contributed by atoms with Crippen molar-refractivity contribution < 1.29 is 19.1 Å².